The molecule has 1 aliphatic heterocycles. The summed E-state index contributed by atoms with van der Waals surface area (Å²) in [6, 6.07) is 14.8. The Bertz CT molecular complexity index is 1060. The third kappa shape index (κ3) is 3.41. The lowest BCUT2D eigenvalue weighted by atomic mass is 10.1. The zero-order valence-electron chi connectivity index (χ0n) is 15.9. The van der Waals surface area contributed by atoms with Crippen molar-refractivity contribution in [1.29, 1.82) is 0 Å². The van der Waals surface area contributed by atoms with E-state index in [1.54, 1.807) is 12.0 Å². The largest absolute Gasteiger partial charge is 0.497 e. The molecule has 0 radical (unpaired) electrons. The molecule has 142 valence electrons. The van der Waals surface area contributed by atoms with Crippen LogP contribution in [-0.2, 0) is 4.79 Å². The van der Waals surface area contributed by atoms with Crippen LogP contribution in [0, 0.1) is 6.92 Å². The zero-order chi connectivity index (χ0) is 19.7. The summed E-state index contributed by atoms with van der Waals surface area (Å²) in [6.07, 6.45) is 1.48. The number of aryl methyl sites for hydroxylation is 1. The molecular formula is C22H21N3O3. The molecule has 0 unspecified atom stereocenters. The minimum absolute atomic E-state index is 0.145. The van der Waals surface area contributed by atoms with E-state index in [0.717, 1.165) is 35.3 Å². The lowest BCUT2D eigenvalue weighted by molar-refractivity contribution is -0.117. The van der Waals surface area contributed by atoms with E-state index in [2.05, 4.69) is 10.3 Å². The number of benzene rings is 2. The minimum atomic E-state index is -0.215. The molecule has 0 atom stereocenters. The number of hydrogen-bond donors (Lipinski definition) is 1. The molecule has 28 heavy (non-hydrogen) atoms. The van der Waals surface area contributed by atoms with Crippen molar-refractivity contribution in [3.05, 3.63) is 59.8 Å². The molecule has 3 aromatic rings. The summed E-state index contributed by atoms with van der Waals surface area (Å²) in [6.45, 7) is 2.56. The molecule has 0 aliphatic carbocycles. The van der Waals surface area contributed by atoms with Crippen LogP contribution in [0.2, 0.25) is 0 Å². The Kier molecular flexibility index (Phi) is 4.69. The summed E-state index contributed by atoms with van der Waals surface area (Å²) in [5.41, 5.74) is 3.50. The van der Waals surface area contributed by atoms with Gasteiger partial charge >= 0.3 is 0 Å². The van der Waals surface area contributed by atoms with Crippen molar-refractivity contribution in [3.63, 3.8) is 0 Å². The SMILES string of the molecule is COc1ccc2cc(C(=O)Nc3ccc(N4CCCC4=O)cc3)c(C)nc2c1. The smallest absolute Gasteiger partial charge is 0.257 e. The number of nitrogens with zero attached hydrogens (tertiary/aromatic N) is 2. The van der Waals surface area contributed by atoms with Crippen molar-refractivity contribution < 1.29 is 14.3 Å². The van der Waals surface area contributed by atoms with Gasteiger partial charge in [-0.1, -0.05) is 0 Å². The van der Waals surface area contributed by atoms with Gasteiger partial charge in [0.25, 0.3) is 5.91 Å². The lowest BCUT2D eigenvalue weighted by Crippen LogP contribution is -2.23. The van der Waals surface area contributed by atoms with Gasteiger partial charge in [-0.3, -0.25) is 14.6 Å². The summed E-state index contributed by atoms with van der Waals surface area (Å²) < 4.78 is 5.23. The predicted molar refractivity (Wildman–Crippen MR) is 109 cm³/mol. The first kappa shape index (κ1) is 18.0. The van der Waals surface area contributed by atoms with Crippen molar-refractivity contribution in [1.82, 2.24) is 4.98 Å². The molecule has 6 nitrogen and oxygen atoms in total. The highest BCUT2D eigenvalue weighted by Crippen LogP contribution is 2.25. The minimum Gasteiger partial charge on any atom is -0.497 e. The fourth-order valence-corrected chi connectivity index (χ4v) is 3.44. The Labute approximate surface area is 163 Å². The Morgan fingerprint density at radius 3 is 2.61 bits per heavy atom. The summed E-state index contributed by atoms with van der Waals surface area (Å²) in [5.74, 6) is 0.659. The first-order valence-corrected chi connectivity index (χ1v) is 9.22. The van der Waals surface area contributed by atoms with Crippen molar-refractivity contribution >= 4 is 34.1 Å². The second-order valence-electron chi connectivity index (χ2n) is 6.83. The highest BCUT2D eigenvalue weighted by Gasteiger charge is 2.21. The third-order valence-electron chi connectivity index (χ3n) is 4.97. The molecule has 6 heteroatoms. The zero-order valence-corrected chi connectivity index (χ0v) is 15.9. The predicted octanol–water partition coefficient (Wildman–Crippen LogP) is 3.93. The quantitative estimate of drug-likeness (QED) is 0.750. The number of anilines is 2. The summed E-state index contributed by atoms with van der Waals surface area (Å²) in [4.78, 5) is 30.9. The van der Waals surface area contributed by atoms with Crippen LogP contribution < -0.4 is 15.0 Å². The fraction of sp³-hybridized carbons (Fsp3) is 0.227. The summed E-state index contributed by atoms with van der Waals surface area (Å²) in [5, 5.41) is 3.78. The molecular weight excluding hydrogens is 354 g/mol. The van der Waals surface area contributed by atoms with E-state index in [9.17, 15) is 9.59 Å². The number of carbonyl (C=O) groups excluding carboxylic acids is 2. The highest BCUT2D eigenvalue weighted by atomic mass is 16.5. The van der Waals surface area contributed by atoms with Crippen LogP contribution in [-0.4, -0.2) is 30.5 Å². The topological polar surface area (TPSA) is 71.5 Å². The molecule has 1 aromatic heterocycles. The number of methoxy groups -OCH3 is 1. The van der Waals surface area contributed by atoms with E-state index in [0.29, 0.717) is 23.4 Å². The molecule has 1 N–H and O–H groups in total. The number of fused-ring (bicyclic) bond motifs is 1. The van der Waals surface area contributed by atoms with Crippen molar-refractivity contribution in [2.24, 2.45) is 0 Å². The number of ether oxygens (including phenoxy) is 1. The van der Waals surface area contributed by atoms with Gasteiger partial charge in [-0.25, -0.2) is 0 Å². The van der Waals surface area contributed by atoms with E-state index in [1.165, 1.54) is 0 Å². The summed E-state index contributed by atoms with van der Waals surface area (Å²) in [7, 11) is 1.61. The second-order valence-corrected chi connectivity index (χ2v) is 6.83. The highest BCUT2D eigenvalue weighted by molar-refractivity contribution is 6.07. The lowest BCUT2D eigenvalue weighted by Gasteiger charge is -2.16. The normalized spacial score (nSPS) is 13.8. The maximum absolute atomic E-state index is 12.8. The van der Waals surface area contributed by atoms with Gasteiger partial charge in [-0.2, -0.15) is 0 Å². The number of pyridine rings is 1. The van der Waals surface area contributed by atoms with Crippen LogP contribution in [0.1, 0.15) is 28.9 Å². The van der Waals surface area contributed by atoms with Gasteiger partial charge in [0.05, 0.1) is 23.9 Å². The first-order valence-electron chi connectivity index (χ1n) is 9.22. The maximum atomic E-state index is 12.8. The molecule has 2 aromatic carbocycles. The van der Waals surface area contributed by atoms with Gasteiger partial charge in [0, 0.05) is 35.8 Å². The Hall–Kier alpha value is -3.41. The third-order valence-corrected chi connectivity index (χ3v) is 4.97. The van der Waals surface area contributed by atoms with Gasteiger partial charge < -0.3 is 15.0 Å². The number of hydrogen-bond acceptors (Lipinski definition) is 4. The molecule has 1 aliphatic rings. The molecule has 1 fully saturated rings. The van der Waals surface area contributed by atoms with E-state index in [-0.39, 0.29) is 11.8 Å². The Morgan fingerprint density at radius 1 is 1.14 bits per heavy atom. The van der Waals surface area contributed by atoms with Crippen molar-refractivity contribution in [2.45, 2.75) is 19.8 Å². The van der Waals surface area contributed by atoms with Gasteiger partial charge in [0.2, 0.25) is 5.91 Å². The van der Waals surface area contributed by atoms with Gasteiger partial charge in [-0.05, 0) is 55.8 Å². The van der Waals surface area contributed by atoms with E-state index >= 15 is 0 Å². The number of rotatable bonds is 4. The number of carbonyl (C=O) groups is 2. The molecule has 1 saturated heterocycles. The van der Waals surface area contributed by atoms with E-state index in [1.807, 2.05) is 55.5 Å². The fourth-order valence-electron chi connectivity index (χ4n) is 3.44. The van der Waals surface area contributed by atoms with Crippen LogP contribution in [0.25, 0.3) is 10.9 Å². The molecule has 0 spiro atoms. The van der Waals surface area contributed by atoms with Crippen LogP contribution in [0.5, 0.6) is 5.75 Å². The number of aromatic nitrogens is 1. The second kappa shape index (κ2) is 7.31. The van der Waals surface area contributed by atoms with Crippen molar-refractivity contribution in [2.75, 3.05) is 23.9 Å². The van der Waals surface area contributed by atoms with Gasteiger partial charge in [0.15, 0.2) is 0 Å². The van der Waals surface area contributed by atoms with E-state index in [4.69, 9.17) is 4.74 Å². The van der Waals surface area contributed by atoms with Crippen LogP contribution in [0.4, 0.5) is 11.4 Å². The van der Waals surface area contributed by atoms with Gasteiger partial charge in [0.1, 0.15) is 5.75 Å². The molecule has 2 amide bonds. The average molecular weight is 375 g/mol. The molecule has 0 saturated carbocycles. The van der Waals surface area contributed by atoms with Crippen LogP contribution in [0.15, 0.2) is 48.5 Å². The standard InChI is InChI=1S/C22H21N3O3/c1-14-19(12-15-5-10-18(28-2)13-20(15)23-14)22(27)24-16-6-8-17(9-7-16)25-11-3-4-21(25)26/h5-10,12-13H,3-4,11H2,1-2H3,(H,24,27). The Balaban J connectivity index is 1.54. The molecule has 4 rings (SSSR count). The molecule has 0 bridgehead atoms. The van der Waals surface area contributed by atoms with Crippen LogP contribution >= 0.6 is 0 Å². The first-order chi connectivity index (χ1) is 13.5. The number of amides is 2. The molecule has 2 heterocycles. The van der Waals surface area contributed by atoms with Crippen LogP contribution in [0.3, 0.4) is 0 Å². The Morgan fingerprint density at radius 2 is 1.93 bits per heavy atom. The van der Waals surface area contributed by atoms with E-state index < -0.39 is 0 Å². The summed E-state index contributed by atoms with van der Waals surface area (Å²) >= 11 is 0. The van der Waals surface area contributed by atoms with Crippen molar-refractivity contribution in [3.8, 4) is 5.75 Å². The monoisotopic (exact) mass is 375 g/mol. The van der Waals surface area contributed by atoms with Gasteiger partial charge in [-0.15, -0.1) is 0 Å². The maximum Gasteiger partial charge on any atom is 0.257 e. The number of nitrogens with one attached hydrogen (secondary N) is 1. The average Bonchev–Trinajstić information content (AvgIpc) is 3.13.